The van der Waals surface area contributed by atoms with E-state index >= 15 is 0 Å². The summed E-state index contributed by atoms with van der Waals surface area (Å²) in [5, 5.41) is 11.1. The van der Waals surface area contributed by atoms with E-state index in [2.05, 4.69) is 34.6 Å². The quantitative estimate of drug-likeness (QED) is 0.579. The van der Waals surface area contributed by atoms with Gasteiger partial charge in [-0.1, -0.05) is 0 Å². The van der Waals surface area contributed by atoms with Crippen LogP contribution in [0.2, 0.25) is 0 Å². The number of rotatable bonds is 6. The van der Waals surface area contributed by atoms with E-state index in [9.17, 15) is 13.2 Å². The molecule has 2 heterocycles. The van der Waals surface area contributed by atoms with Gasteiger partial charge in [0, 0.05) is 44.5 Å². The molecule has 0 saturated carbocycles. The number of aromatic nitrogens is 2. The molecule has 1 aliphatic heterocycles. The molecule has 1 aliphatic rings. The first kappa shape index (κ1) is 21.5. The third-order valence-corrected chi connectivity index (χ3v) is 4.88. The van der Waals surface area contributed by atoms with E-state index in [4.69, 9.17) is 0 Å². The first-order valence-electron chi connectivity index (χ1n) is 9.44. The zero-order valence-corrected chi connectivity index (χ0v) is 16.8. The van der Waals surface area contributed by atoms with Crippen LogP contribution in [0.1, 0.15) is 37.2 Å². The van der Waals surface area contributed by atoms with Crippen LogP contribution in [0.4, 0.5) is 13.2 Å². The van der Waals surface area contributed by atoms with E-state index in [-0.39, 0.29) is 12.1 Å². The molecule has 1 fully saturated rings. The summed E-state index contributed by atoms with van der Waals surface area (Å²) >= 11 is 0. The summed E-state index contributed by atoms with van der Waals surface area (Å²) in [6.07, 6.45) is -2.67. The molecule has 0 radical (unpaired) electrons. The average Bonchev–Trinajstić information content (AvgIpc) is 3.05. The minimum atomic E-state index is -4.15. The van der Waals surface area contributed by atoms with Gasteiger partial charge >= 0.3 is 6.18 Å². The number of hydrogen-bond acceptors (Lipinski definition) is 3. The SMILES string of the molecule is CCN=C(NC(C)Cc1c(C)nn(C)c1C)NC1CCN(CC(F)(F)F)C1. The summed E-state index contributed by atoms with van der Waals surface area (Å²) in [6.45, 7) is 8.63. The summed E-state index contributed by atoms with van der Waals surface area (Å²) in [6, 6.07) is 0.0938. The minimum Gasteiger partial charge on any atom is -0.354 e. The molecular weight excluding hydrogens is 357 g/mol. The fourth-order valence-electron chi connectivity index (χ4n) is 3.54. The highest BCUT2D eigenvalue weighted by Gasteiger charge is 2.34. The first-order valence-corrected chi connectivity index (χ1v) is 9.44. The molecule has 1 aromatic rings. The molecule has 2 rings (SSSR count). The number of nitrogens with zero attached hydrogens (tertiary/aromatic N) is 4. The average molecular weight is 388 g/mol. The Kier molecular flexibility index (Phi) is 7.13. The van der Waals surface area contributed by atoms with Crippen LogP contribution in [0.25, 0.3) is 0 Å². The predicted molar refractivity (Wildman–Crippen MR) is 101 cm³/mol. The lowest BCUT2D eigenvalue weighted by Crippen LogP contribution is -2.48. The Bertz CT molecular complexity index is 652. The summed E-state index contributed by atoms with van der Waals surface area (Å²) in [5.74, 6) is 0.656. The van der Waals surface area contributed by atoms with Crippen LogP contribution < -0.4 is 10.6 Å². The number of likely N-dealkylation sites (tertiary alicyclic amines) is 1. The van der Waals surface area contributed by atoms with Gasteiger partial charge in [-0.15, -0.1) is 0 Å². The van der Waals surface area contributed by atoms with Crippen LogP contribution in [0, 0.1) is 13.8 Å². The molecule has 0 aliphatic carbocycles. The summed E-state index contributed by atoms with van der Waals surface area (Å²) < 4.78 is 39.6. The largest absolute Gasteiger partial charge is 0.401 e. The fraction of sp³-hybridized carbons (Fsp3) is 0.778. The molecule has 9 heteroatoms. The third-order valence-electron chi connectivity index (χ3n) is 4.88. The van der Waals surface area contributed by atoms with Gasteiger partial charge in [0.05, 0.1) is 12.2 Å². The number of halogens is 3. The second kappa shape index (κ2) is 8.95. The number of hydrogen-bond donors (Lipinski definition) is 2. The Morgan fingerprint density at radius 2 is 2.07 bits per heavy atom. The summed E-state index contributed by atoms with van der Waals surface area (Å²) in [4.78, 5) is 5.89. The van der Waals surface area contributed by atoms with E-state index in [1.54, 1.807) is 0 Å². The molecule has 27 heavy (non-hydrogen) atoms. The standard InChI is InChI=1S/C18H31F3N6/c1-6-22-17(24-15-7-8-27(10-15)11-18(19,20)21)23-12(2)9-16-13(3)25-26(5)14(16)4/h12,15H,6-11H2,1-5H3,(H2,22,23,24). The normalized spacial score (nSPS) is 20.1. The topological polar surface area (TPSA) is 57.5 Å². The third kappa shape index (κ3) is 6.41. The minimum absolute atomic E-state index is 0.0285. The van der Waals surface area contributed by atoms with Gasteiger partial charge in [-0.05, 0) is 46.1 Å². The maximum absolute atomic E-state index is 12.6. The molecule has 0 amide bonds. The highest BCUT2D eigenvalue weighted by molar-refractivity contribution is 5.80. The van der Waals surface area contributed by atoms with E-state index < -0.39 is 12.7 Å². The molecule has 1 aromatic heterocycles. The highest BCUT2D eigenvalue weighted by atomic mass is 19.4. The molecule has 0 bridgehead atoms. The smallest absolute Gasteiger partial charge is 0.354 e. The van der Waals surface area contributed by atoms with Gasteiger partial charge in [-0.2, -0.15) is 18.3 Å². The van der Waals surface area contributed by atoms with Crippen LogP contribution in [0.3, 0.4) is 0 Å². The second-order valence-corrected chi connectivity index (χ2v) is 7.33. The zero-order valence-electron chi connectivity index (χ0n) is 16.8. The lowest BCUT2D eigenvalue weighted by atomic mass is 10.1. The Morgan fingerprint density at radius 3 is 2.63 bits per heavy atom. The van der Waals surface area contributed by atoms with Crippen molar-refractivity contribution in [3.63, 3.8) is 0 Å². The van der Waals surface area contributed by atoms with Crippen LogP contribution in [-0.2, 0) is 13.5 Å². The molecule has 6 nitrogen and oxygen atoms in total. The van der Waals surface area contributed by atoms with Crippen LogP contribution in [-0.4, -0.2) is 65.1 Å². The number of aliphatic imine (C=N–C) groups is 1. The van der Waals surface area contributed by atoms with Crippen LogP contribution in [0.5, 0.6) is 0 Å². The van der Waals surface area contributed by atoms with Crippen molar-refractivity contribution in [2.45, 2.75) is 58.8 Å². The van der Waals surface area contributed by atoms with Crippen LogP contribution >= 0.6 is 0 Å². The first-order chi connectivity index (χ1) is 12.6. The molecule has 0 spiro atoms. The number of aryl methyl sites for hydroxylation is 2. The molecule has 2 unspecified atom stereocenters. The molecule has 1 saturated heterocycles. The number of guanidine groups is 1. The van der Waals surface area contributed by atoms with Crippen molar-refractivity contribution in [2.24, 2.45) is 12.0 Å². The maximum atomic E-state index is 12.6. The van der Waals surface area contributed by atoms with Gasteiger partial charge in [0.1, 0.15) is 0 Å². The van der Waals surface area contributed by atoms with E-state index in [0.717, 1.165) is 17.8 Å². The van der Waals surface area contributed by atoms with Gasteiger partial charge in [0.2, 0.25) is 0 Å². The van der Waals surface area contributed by atoms with Crippen molar-refractivity contribution < 1.29 is 13.2 Å². The van der Waals surface area contributed by atoms with Crippen LogP contribution in [0.15, 0.2) is 4.99 Å². The van der Waals surface area contributed by atoms with Crippen molar-refractivity contribution in [2.75, 3.05) is 26.2 Å². The molecular formula is C18H31F3N6. The maximum Gasteiger partial charge on any atom is 0.401 e. The Labute approximate surface area is 159 Å². The van der Waals surface area contributed by atoms with Gasteiger partial charge < -0.3 is 10.6 Å². The van der Waals surface area contributed by atoms with Crippen molar-refractivity contribution in [3.05, 3.63) is 17.0 Å². The zero-order chi connectivity index (χ0) is 20.2. The molecule has 2 atom stereocenters. The van der Waals surface area contributed by atoms with E-state index in [0.29, 0.717) is 32.0 Å². The van der Waals surface area contributed by atoms with Gasteiger partial charge in [0.25, 0.3) is 0 Å². The van der Waals surface area contributed by atoms with Gasteiger partial charge in [-0.3, -0.25) is 14.6 Å². The Hall–Kier alpha value is -1.77. The van der Waals surface area contributed by atoms with Crippen molar-refractivity contribution in [3.8, 4) is 0 Å². The van der Waals surface area contributed by atoms with Crippen molar-refractivity contribution >= 4 is 5.96 Å². The van der Waals surface area contributed by atoms with E-state index in [1.807, 2.05) is 25.6 Å². The summed E-state index contributed by atoms with van der Waals surface area (Å²) in [5.41, 5.74) is 3.37. The van der Waals surface area contributed by atoms with Gasteiger partial charge in [-0.25, -0.2) is 0 Å². The molecule has 0 aromatic carbocycles. The lowest BCUT2D eigenvalue weighted by molar-refractivity contribution is -0.143. The predicted octanol–water partition coefficient (Wildman–Crippen LogP) is 2.16. The highest BCUT2D eigenvalue weighted by Crippen LogP contribution is 2.20. The monoisotopic (exact) mass is 388 g/mol. The second-order valence-electron chi connectivity index (χ2n) is 7.33. The molecule has 2 N–H and O–H groups in total. The van der Waals surface area contributed by atoms with Crippen molar-refractivity contribution in [1.29, 1.82) is 0 Å². The van der Waals surface area contributed by atoms with Crippen molar-refractivity contribution in [1.82, 2.24) is 25.3 Å². The van der Waals surface area contributed by atoms with Gasteiger partial charge in [0.15, 0.2) is 5.96 Å². The number of nitrogens with one attached hydrogen (secondary N) is 2. The summed E-state index contributed by atoms with van der Waals surface area (Å²) in [7, 11) is 1.93. The lowest BCUT2D eigenvalue weighted by Gasteiger charge is -2.22. The Balaban J connectivity index is 1.91. The number of alkyl halides is 3. The van der Waals surface area contributed by atoms with E-state index in [1.165, 1.54) is 10.5 Å². The fourth-order valence-corrected chi connectivity index (χ4v) is 3.54. The Morgan fingerprint density at radius 1 is 1.37 bits per heavy atom. The molecule has 154 valence electrons.